The number of rotatable bonds is 4. The first kappa shape index (κ1) is 17.8. The topological polar surface area (TPSA) is 66.5 Å². The summed E-state index contributed by atoms with van der Waals surface area (Å²) in [6.07, 6.45) is 6.95. The van der Waals surface area contributed by atoms with Crippen LogP contribution in [0.4, 0.5) is 5.69 Å². The van der Waals surface area contributed by atoms with E-state index in [4.69, 9.17) is 0 Å². The number of benzene rings is 1. The maximum atomic E-state index is 12.4. The molecule has 1 aliphatic rings. The fourth-order valence-corrected chi connectivity index (χ4v) is 3.45. The van der Waals surface area contributed by atoms with Crippen LogP contribution in [0, 0.1) is 6.92 Å². The van der Waals surface area contributed by atoms with Crippen molar-refractivity contribution in [1.82, 2.24) is 4.90 Å². The second kappa shape index (κ2) is 7.81. The van der Waals surface area contributed by atoms with Gasteiger partial charge in [-0.3, -0.25) is 4.79 Å². The Kier molecular flexibility index (Phi) is 6.04. The van der Waals surface area contributed by atoms with Crippen molar-refractivity contribution in [3.05, 3.63) is 23.8 Å². The number of anilines is 1. The second-order valence-corrected chi connectivity index (χ2v) is 8.27. The zero-order chi connectivity index (χ0) is 16.9. The van der Waals surface area contributed by atoms with Crippen molar-refractivity contribution >= 4 is 21.4 Å². The molecule has 0 spiro atoms. The van der Waals surface area contributed by atoms with E-state index in [1.165, 1.54) is 25.5 Å². The largest absolute Gasteiger partial charge is 0.376 e. The van der Waals surface area contributed by atoms with Crippen LogP contribution in [0.1, 0.15) is 37.7 Å². The van der Waals surface area contributed by atoms with Gasteiger partial charge in [-0.1, -0.05) is 25.3 Å². The van der Waals surface area contributed by atoms with E-state index in [0.29, 0.717) is 5.69 Å². The molecule has 6 heteroatoms. The summed E-state index contributed by atoms with van der Waals surface area (Å²) in [6, 6.07) is 4.96. The van der Waals surface area contributed by atoms with Crippen LogP contribution in [0.3, 0.4) is 0 Å². The predicted octanol–water partition coefficient (Wildman–Crippen LogP) is 2.60. The first-order valence-electron chi connectivity index (χ1n) is 8.20. The number of hydrogen-bond acceptors (Lipinski definition) is 4. The number of sulfone groups is 1. The lowest BCUT2D eigenvalue weighted by atomic mass is 10.1. The van der Waals surface area contributed by atoms with Crippen LogP contribution in [0.2, 0.25) is 0 Å². The minimum absolute atomic E-state index is 0.0797. The molecule has 0 aliphatic carbocycles. The van der Waals surface area contributed by atoms with Gasteiger partial charge in [0.05, 0.1) is 11.4 Å². The van der Waals surface area contributed by atoms with Crippen molar-refractivity contribution in [3.63, 3.8) is 0 Å². The van der Waals surface area contributed by atoms with Gasteiger partial charge < -0.3 is 10.2 Å². The van der Waals surface area contributed by atoms with Crippen molar-refractivity contribution in [1.29, 1.82) is 0 Å². The molecule has 1 heterocycles. The molecule has 23 heavy (non-hydrogen) atoms. The van der Waals surface area contributed by atoms with Gasteiger partial charge in [0.2, 0.25) is 5.91 Å². The van der Waals surface area contributed by atoms with Crippen molar-refractivity contribution in [2.24, 2.45) is 0 Å². The molecule has 0 unspecified atom stereocenters. The molecular weight excluding hydrogens is 312 g/mol. The van der Waals surface area contributed by atoms with Gasteiger partial charge in [0.1, 0.15) is 0 Å². The number of hydrogen-bond donors (Lipinski definition) is 1. The molecular formula is C17H26N2O3S. The lowest BCUT2D eigenvalue weighted by molar-refractivity contribution is -0.129. The van der Waals surface area contributed by atoms with Gasteiger partial charge in [-0.05, 0) is 37.5 Å². The van der Waals surface area contributed by atoms with Crippen LogP contribution in [0.5, 0.6) is 0 Å². The fourth-order valence-electron chi connectivity index (χ4n) is 2.80. The van der Waals surface area contributed by atoms with Gasteiger partial charge in [-0.25, -0.2) is 8.42 Å². The maximum absolute atomic E-state index is 12.4. The van der Waals surface area contributed by atoms with E-state index in [9.17, 15) is 13.2 Å². The molecule has 0 atom stereocenters. The summed E-state index contributed by atoms with van der Waals surface area (Å²) in [6.45, 7) is 3.74. The molecule has 0 radical (unpaired) electrons. The number of aryl methyl sites for hydroxylation is 1. The van der Waals surface area contributed by atoms with E-state index < -0.39 is 9.84 Å². The summed E-state index contributed by atoms with van der Waals surface area (Å²) >= 11 is 0. The Morgan fingerprint density at radius 1 is 1.13 bits per heavy atom. The highest BCUT2D eigenvalue weighted by Gasteiger charge is 2.15. The van der Waals surface area contributed by atoms with E-state index in [0.717, 1.165) is 31.5 Å². The van der Waals surface area contributed by atoms with Crippen molar-refractivity contribution in [3.8, 4) is 0 Å². The normalized spacial score (nSPS) is 16.5. The third-order valence-electron chi connectivity index (χ3n) is 4.28. The number of nitrogens with one attached hydrogen (secondary N) is 1. The second-order valence-electron chi connectivity index (χ2n) is 6.25. The average molecular weight is 338 g/mol. The van der Waals surface area contributed by atoms with Gasteiger partial charge in [-0.2, -0.15) is 0 Å². The molecule has 1 aromatic carbocycles. The molecule has 1 N–H and O–H groups in total. The molecule has 1 saturated heterocycles. The lowest BCUT2D eigenvalue weighted by Crippen LogP contribution is -2.37. The SMILES string of the molecule is Cc1ccc(S(C)(=O)=O)cc1NCC(=O)N1CCCCCCC1. The molecule has 0 bridgehead atoms. The first-order chi connectivity index (χ1) is 10.9. The van der Waals surface area contributed by atoms with Gasteiger partial charge >= 0.3 is 0 Å². The van der Waals surface area contributed by atoms with Crippen molar-refractivity contribution in [2.45, 2.75) is 43.9 Å². The Balaban J connectivity index is 2.00. The lowest BCUT2D eigenvalue weighted by Gasteiger charge is -2.25. The summed E-state index contributed by atoms with van der Waals surface area (Å²) < 4.78 is 23.3. The zero-order valence-corrected chi connectivity index (χ0v) is 14.8. The third kappa shape index (κ3) is 5.23. The highest BCUT2D eigenvalue weighted by molar-refractivity contribution is 7.90. The van der Waals surface area contributed by atoms with Gasteiger partial charge in [0.15, 0.2) is 9.84 Å². The minimum atomic E-state index is -3.25. The summed E-state index contributed by atoms with van der Waals surface area (Å²) in [7, 11) is -3.25. The smallest absolute Gasteiger partial charge is 0.241 e. The number of nitrogens with zero attached hydrogens (tertiary/aromatic N) is 1. The highest BCUT2D eigenvalue weighted by Crippen LogP contribution is 2.20. The van der Waals surface area contributed by atoms with Crippen LogP contribution in [0.25, 0.3) is 0 Å². The summed E-state index contributed by atoms with van der Waals surface area (Å²) in [5, 5.41) is 3.10. The third-order valence-corrected chi connectivity index (χ3v) is 5.39. The molecule has 5 nitrogen and oxygen atoms in total. The zero-order valence-electron chi connectivity index (χ0n) is 14.0. The van der Waals surface area contributed by atoms with Crippen molar-refractivity contribution < 1.29 is 13.2 Å². The standard InChI is InChI=1S/C17H26N2O3S/c1-14-8-9-15(23(2,21)22)12-16(14)18-13-17(20)19-10-6-4-3-5-7-11-19/h8-9,12,18H,3-7,10-11,13H2,1-2H3. The van der Waals surface area contributed by atoms with Crippen LogP contribution < -0.4 is 5.32 Å². The highest BCUT2D eigenvalue weighted by atomic mass is 32.2. The van der Waals surface area contributed by atoms with Crippen LogP contribution in [-0.4, -0.2) is 45.1 Å². The summed E-state index contributed by atoms with van der Waals surface area (Å²) in [4.78, 5) is 14.6. The number of carbonyl (C=O) groups excluding carboxylic acids is 1. The van der Waals surface area contributed by atoms with E-state index >= 15 is 0 Å². The molecule has 1 aliphatic heterocycles. The van der Waals surface area contributed by atoms with Gasteiger partial charge in [0.25, 0.3) is 0 Å². The molecule has 0 aromatic heterocycles. The molecule has 1 amide bonds. The Bertz CT molecular complexity index is 648. The number of likely N-dealkylation sites (tertiary alicyclic amines) is 1. The monoisotopic (exact) mass is 338 g/mol. The summed E-state index contributed by atoms with van der Waals surface area (Å²) in [5.74, 6) is 0.0797. The first-order valence-corrected chi connectivity index (χ1v) is 10.1. The molecule has 1 aromatic rings. The van der Waals surface area contributed by atoms with Gasteiger partial charge in [0, 0.05) is 25.0 Å². The van der Waals surface area contributed by atoms with Crippen LogP contribution >= 0.6 is 0 Å². The Morgan fingerprint density at radius 3 is 2.35 bits per heavy atom. The van der Waals surface area contributed by atoms with Crippen molar-refractivity contribution in [2.75, 3.05) is 31.2 Å². The van der Waals surface area contributed by atoms with E-state index in [1.807, 2.05) is 11.8 Å². The molecule has 2 rings (SSSR count). The van der Waals surface area contributed by atoms with E-state index in [-0.39, 0.29) is 17.3 Å². The van der Waals surface area contributed by atoms with Crippen LogP contribution in [-0.2, 0) is 14.6 Å². The number of carbonyl (C=O) groups is 1. The minimum Gasteiger partial charge on any atom is -0.376 e. The summed E-state index contributed by atoms with van der Waals surface area (Å²) in [5.41, 5.74) is 1.63. The molecule has 0 saturated carbocycles. The average Bonchev–Trinajstić information content (AvgIpc) is 2.44. The van der Waals surface area contributed by atoms with E-state index in [1.54, 1.807) is 18.2 Å². The Hall–Kier alpha value is -1.56. The predicted molar refractivity (Wildman–Crippen MR) is 92.4 cm³/mol. The Labute approximate surface area is 139 Å². The number of amides is 1. The Morgan fingerprint density at radius 2 is 1.74 bits per heavy atom. The fraction of sp³-hybridized carbons (Fsp3) is 0.588. The molecule has 128 valence electrons. The van der Waals surface area contributed by atoms with Crippen LogP contribution in [0.15, 0.2) is 23.1 Å². The molecule has 1 fully saturated rings. The maximum Gasteiger partial charge on any atom is 0.241 e. The van der Waals surface area contributed by atoms with Gasteiger partial charge in [-0.15, -0.1) is 0 Å². The quantitative estimate of drug-likeness (QED) is 0.916. The van der Waals surface area contributed by atoms with E-state index in [2.05, 4.69) is 5.32 Å².